The lowest BCUT2D eigenvalue weighted by atomic mass is 9.72. The highest BCUT2D eigenvalue weighted by Crippen LogP contribution is 2.38. The number of hydrogen-bond acceptors (Lipinski definition) is 3. The largest absolute Gasteiger partial charge is 0.457 e. The van der Waals surface area contributed by atoms with Crippen molar-refractivity contribution in [2.45, 2.75) is 32.2 Å². The Balaban J connectivity index is 1.36. The van der Waals surface area contributed by atoms with Gasteiger partial charge in [-0.25, -0.2) is 0 Å². The van der Waals surface area contributed by atoms with Crippen molar-refractivity contribution in [2.24, 2.45) is 5.41 Å². The van der Waals surface area contributed by atoms with Crippen molar-refractivity contribution in [1.29, 1.82) is 0 Å². The van der Waals surface area contributed by atoms with Crippen LogP contribution in [0.25, 0.3) is 0 Å². The van der Waals surface area contributed by atoms with Gasteiger partial charge in [0.25, 0.3) is 0 Å². The van der Waals surface area contributed by atoms with E-state index in [2.05, 4.69) is 22.3 Å². The molecule has 1 spiro atoms. The number of likely N-dealkylation sites (tertiary alicyclic amines) is 1. The summed E-state index contributed by atoms with van der Waals surface area (Å²) in [4.78, 5) is 14.8. The molecular formula is C22H26N2O2. The quantitative estimate of drug-likeness (QED) is 0.907. The molecule has 0 saturated carbocycles. The number of carbonyl (C=O) groups excluding carboxylic acids is 1. The molecule has 4 rings (SSSR count). The lowest BCUT2D eigenvalue weighted by Crippen LogP contribution is -2.51. The van der Waals surface area contributed by atoms with Gasteiger partial charge in [0, 0.05) is 13.1 Å². The Labute approximate surface area is 155 Å². The van der Waals surface area contributed by atoms with E-state index in [1.165, 1.54) is 5.56 Å². The van der Waals surface area contributed by atoms with Crippen LogP contribution >= 0.6 is 0 Å². The Morgan fingerprint density at radius 2 is 1.73 bits per heavy atom. The van der Waals surface area contributed by atoms with Crippen LogP contribution in [0.15, 0.2) is 54.6 Å². The SMILES string of the molecule is O=C1NCCCC12CCN(Cc1cccc(Oc3ccccc3)c1)CC2. The monoisotopic (exact) mass is 350 g/mol. The molecule has 4 heteroatoms. The first-order valence-corrected chi connectivity index (χ1v) is 9.56. The Morgan fingerprint density at radius 1 is 0.962 bits per heavy atom. The van der Waals surface area contributed by atoms with Gasteiger partial charge >= 0.3 is 0 Å². The summed E-state index contributed by atoms with van der Waals surface area (Å²) in [5, 5.41) is 3.06. The highest BCUT2D eigenvalue weighted by atomic mass is 16.5. The second-order valence-corrected chi connectivity index (χ2v) is 7.48. The summed E-state index contributed by atoms with van der Waals surface area (Å²) < 4.78 is 5.94. The lowest BCUT2D eigenvalue weighted by Gasteiger charge is -2.42. The van der Waals surface area contributed by atoms with Crippen LogP contribution in [0.4, 0.5) is 0 Å². The van der Waals surface area contributed by atoms with Gasteiger partial charge in [-0.2, -0.15) is 0 Å². The molecule has 136 valence electrons. The minimum atomic E-state index is -0.104. The van der Waals surface area contributed by atoms with E-state index in [1.54, 1.807) is 0 Å². The van der Waals surface area contributed by atoms with E-state index in [4.69, 9.17) is 4.74 Å². The fourth-order valence-corrected chi connectivity index (χ4v) is 4.14. The summed E-state index contributed by atoms with van der Waals surface area (Å²) in [6, 6.07) is 18.2. The smallest absolute Gasteiger partial charge is 0.226 e. The average molecular weight is 350 g/mol. The van der Waals surface area contributed by atoms with E-state index in [0.29, 0.717) is 0 Å². The standard InChI is InChI=1S/C22H26N2O2/c25-21-22(10-5-13-23-21)11-14-24(15-12-22)17-18-6-4-9-20(16-18)26-19-7-2-1-3-8-19/h1-4,6-9,16H,5,10-15,17H2,(H,23,25). The highest BCUT2D eigenvalue weighted by molar-refractivity contribution is 5.83. The van der Waals surface area contributed by atoms with Gasteiger partial charge in [-0.05, 0) is 68.6 Å². The van der Waals surface area contributed by atoms with Gasteiger partial charge < -0.3 is 10.1 Å². The molecule has 0 unspecified atom stereocenters. The topological polar surface area (TPSA) is 41.6 Å². The van der Waals surface area contributed by atoms with Crippen molar-refractivity contribution < 1.29 is 9.53 Å². The van der Waals surface area contributed by atoms with E-state index >= 15 is 0 Å². The number of hydrogen-bond donors (Lipinski definition) is 1. The van der Waals surface area contributed by atoms with Gasteiger partial charge in [0.1, 0.15) is 11.5 Å². The second-order valence-electron chi connectivity index (χ2n) is 7.48. The van der Waals surface area contributed by atoms with Crippen LogP contribution in [0.2, 0.25) is 0 Å². The number of amides is 1. The number of nitrogens with one attached hydrogen (secondary N) is 1. The van der Waals surface area contributed by atoms with E-state index in [0.717, 1.165) is 63.4 Å². The van der Waals surface area contributed by atoms with Crippen LogP contribution < -0.4 is 10.1 Å². The molecule has 0 aromatic heterocycles. The van der Waals surface area contributed by atoms with Crippen LogP contribution in [-0.2, 0) is 11.3 Å². The van der Waals surface area contributed by atoms with Crippen molar-refractivity contribution in [3.63, 3.8) is 0 Å². The number of nitrogens with zero attached hydrogens (tertiary/aromatic N) is 1. The van der Waals surface area contributed by atoms with Gasteiger partial charge in [0.2, 0.25) is 5.91 Å². The van der Waals surface area contributed by atoms with Crippen LogP contribution in [0, 0.1) is 5.41 Å². The van der Waals surface area contributed by atoms with Gasteiger partial charge in [-0.1, -0.05) is 30.3 Å². The Kier molecular flexibility index (Phi) is 4.93. The molecule has 26 heavy (non-hydrogen) atoms. The average Bonchev–Trinajstić information content (AvgIpc) is 2.67. The molecule has 2 fully saturated rings. The van der Waals surface area contributed by atoms with Gasteiger partial charge in [0.15, 0.2) is 0 Å². The summed E-state index contributed by atoms with van der Waals surface area (Å²) in [5.74, 6) is 2.00. The molecule has 0 aliphatic carbocycles. The third-order valence-electron chi connectivity index (χ3n) is 5.70. The van der Waals surface area contributed by atoms with Crippen LogP contribution in [0.3, 0.4) is 0 Å². The minimum absolute atomic E-state index is 0.104. The maximum absolute atomic E-state index is 12.3. The van der Waals surface area contributed by atoms with Gasteiger partial charge in [-0.3, -0.25) is 9.69 Å². The van der Waals surface area contributed by atoms with Crippen molar-refractivity contribution >= 4 is 5.91 Å². The number of ether oxygens (including phenoxy) is 1. The van der Waals surface area contributed by atoms with Crippen molar-refractivity contribution in [3.8, 4) is 11.5 Å². The molecule has 2 aliphatic heterocycles. The Morgan fingerprint density at radius 3 is 2.50 bits per heavy atom. The zero-order valence-corrected chi connectivity index (χ0v) is 15.1. The summed E-state index contributed by atoms with van der Waals surface area (Å²) in [6.07, 6.45) is 4.11. The first kappa shape index (κ1) is 17.1. The number of piperidine rings is 2. The molecule has 1 N–H and O–H groups in total. The van der Waals surface area contributed by atoms with E-state index in [1.807, 2.05) is 42.5 Å². The van der Waals surface area contributed by atoms with Crippen molar-refractivity contribution in [2.75, 3.05) is 19.6 Å². The third kappa shape index (κ3) is 3.75. The van der Waals surface area contributed by atoms with E-state index in [-0.39, 0.29) is 11.3 Å². The summed E-state index contributed by atoms with van der Waals surface area (Å²) in [5.41, 5.74) is 1.15. The summed E-state index contributed by atoms with van der Waals surface area (Å²) in [6.45, 7) is 3.72. The molecule has 2 aromatic carbocycles. The normalized spacial score (nSPS) is 19.9. The molecule has 0 bridgehead atoms. The first-order valence-electron chi connectivity index (χ1n) is 9.56. The molecular weight excluding hydrogens is 324 g/mol. The molecule has 2 aliphatic rings. The number of rotatable bonds is 4. The fourth-order valence-electron chi connectivity index (χ4n) is 4.14. The Hall–Kier alpha value is -2.33. The van der Waals surface area contributed by atoms with Gasteiger partial charge in [0.05, 0.1) is 5.41 Å². The second kappa shape index (κ2) is 7.50. The predicted molar refractivity (Wildman–Crippen MR) is 102 cm³/mol. The van der Waals surface area contributed by atoms with Crippen LogP contribution in [0.5, 0.6) is 11.5 Å². The molecule has 0 radical (unpaired) electrons. The molecule has 0 atom stereocenters. The Bertz CT molecular complexity index is 752. The highest BCUT2D eigenvalue weighted by Gasteiger charge is 2.42. The molecule has 2 aromatic rings. The number of carbonyl (C=O) groups is 1. The molecule has 4 nitrogen and oxygen atoms in total. The third-order valence-corrected chi connectivity index (χ3v) is 5.70. The molecule has 2 saturated heterocycles. The maximum atomic E-state index is 12.3. The fraction of sp³-hybridized carbons (Fsp3) is 0.409. The van der Waals surface area contributed by atoms with Crippen molar-refractivity contribution in [3.05, 3.63) is 60.2 Å². The predicted octanol–water partition coefficient (Wildman–Crippen LogP) is 3.97. The molecule has 1 amide bonds. The van der Waals surface area contributed by atoms with E-state index < -0.39 is 0 Å². The van der Waals surface area contributed by atoms with Crippen molar-refractivity contribution in [1.82, 2.24) is 10.2 Å². The lowest BCUT2D eigenvalue weighted by molar-refractivity contribution is -0.136. The zero-order valence-electron chi connectivity index (χ0n) is 15.1. The van der Waals surface area contributed by atoms with Crippen LogP contribution in [-0.4, -0.2) is 30.4 Å². The maximum Gasteiger partial charge on any atom is 0.226 e. The summed E-state index contributed by atoms with van der Waals surface area (Å²) >= 11 is 0. The number of benzene rings is 2. The van der Waals surface area contributed by atoms with E-state index in [9.17, 15) is 4.79 Å². The van der Waals surface area contributed by atoms with Gasteiger partial charge in [-0.15, -0.1) is 0 Å². The first-order chi connectivity index (χ1) is 12.7. The molecule has 2 heterocycles. The number of para-hydroxylation sites is 1. The minimum Gasteiger partial charge on any atom is -0.457 e. The van der Waals surface area contributed by atoms with Crippen LogP contribution in [0.1, 0.15) is 31.2 Å². The zero-order chi connectivity index (χ0) is 17.8. The summed E-state index contributed by atoms with van der Waals surface area (Å²) in [7, 11) is 0.